The van der Waals surface area contributed by atoms with Crippen LogP contribution in [0.2, 0.25) is 0 Å². The molecule has 0 unspecified atom stereocenters. The van der Waals surface area contributed by atoms with Crippen LogP contribution >= 0.6 is 0 Å². The van der Waals surface area contributed by atoms with E-state index in [1.807, 2.05) is 42.6 Å². The average Bonchev–Trinajstić information content (AvgIpc) is 2.95. The number of rotatable bonds is 5. The summed E-state index contributed by atoms with van der Waals surface area (Å²) in [5.74, 6) is 0.102. The van der Waals surface area contributed by atoms with Gasteiger partial charge in [-0.25, -0.2) is 4.79 Å². The van der Waals surface area contributed by atoms with Crippen molar-refractivity contribution in [3.8, 4) is 16.9 Å². The first-order valence-corrected chi connectivity index (χ1v) is 13.3. The van der Waals surface area contributed by atoms with Crippen LogP contribution in [0.1, 0.15) is 29.7 Å². The van der Waals surface area contributed by atoms with Crippen molar-refractivity contribution in [2.24, 2.45) is 0 Å². The number of pyridine rings is 1. The van der Waals surface area contributed by atoms with E-state index in [0.29, 0.717) is 11.4 Å². The number of anilines is 2. The Morgan fingerprint density at radius 1 is 0.895 bits per heavy atom. The zero-order valence-corrected chi connectivity index (χ0v) is 21.4. The summed E-state index contributed by atoms with van der Waals surface area (Å²) in [6, 6.07) is 19.5. The number of phenols is 1. The molecule has 1 aliphatic heterocycles. The van der Waals surface area contributed by atoms with Crippen LogP contribution in [0, 0.1) is 0 Å². The predicted molar refractivity (Wildman–Crippen MR) is 151 cm³/mol. The normalized spacial score (nSPS) is 15.7. The highest BCUT2D eigenvalue weighted by Gasteiger charge is 2.16. The van der Waals surface area contributed by atoms with Crippen molar-refractivity contribution in [1.29, 1.82) is 0 Å². The summed E-state index contributed by atoms with van der Waals surface area (Å²) in [5, 5.41) is 18.3. The van der Waals surface area contributed by atoms with Crippen molar-refractivity contribution in [2.75, 3.05) is 36.9 Å². The van der Waals surface area contributed by atoms with E-state index < -0.39 is 0 Å². The molecule has 1 aliphatic carbocycles. The van der Waals surface area contributed by atoms with E-state index in [-0.39, 0.29) is 11.8 Å². The largest absolute Gasteiger partial charge is 0.506 e. The fourth-order valence-corrected chi connectivity index (χ4v) is 5.47. The molecule has 1 aromatic heterocycles. The van der Waals surface area contributed by atoms with Gasteiger partial charge in [-0.05, 0) is 72.0 Å². The van der Waals surface area contributed by atoms with E-state index in [4.69, 9.17) is 9.72 Å². The number of aromatic hydroxyl groups is 1. The van der Waals surface area contributed by atoms with Gasteiger partial charge in [0, 0.05) is 36.8 Å². The number of hydrogen-bond donors (Lipinski definition) is 3. The molecule has 0 saturated carbocycles. The van der Waals surface area contributed by atoms with E-state index in [0.717, 1.165) is 86.1 Å². The Kier molecular flexibility index (Phi) is 6.94. The molecule has 2 amide bonds. The molecular weight excluding hydrogens is 476 g/mol. The van der Waals surface area contributed by atoms with Crippen molar-refractivity contribution in [1.82, 2.24) is 9.88 Å². The van der Waals surface area contributed by atoms with Gasteiger partial charge in [0.05, 0.1) is 30.3 Å². The molecule has 4 aromatic rings. The molecule has 3 aromatic carbocycles. The number of nitrogens with one attached hydrogen (secondary N) is 2. The van der Waals surface area contributed by atoms with Crippen molar-refractivity contribution < 1.29 is 14.6 Å². The number of ether oxygens (including phenoxy) is 1. The SMILES string of the molecule is O=C(Nc1cc2c(cc1O)CCCC2)Nc1ccc(-c2ccc(CN3CCOCC3)nc2)c2ccccc12. The third-order valence-electron chi connectivity index (χ3n) is 7.51. The zero-order chi connectivity index (χ0) is 25.9. The van der Waals surface area contributed by atoms with Crippen LogP contribution in [-0.2, 0) is 24.1 Å². The maximum absolute atomic E-state index is 12.9. The van der Waals surface area contributed by atoms with Gasteiger partial charge < -0.3 is 20.5 Å². The summed E-state index contributed by atoms with van der Waals surface area (Å²) in [6.07, 6.45) is 6.14. The number of urea groups is 1. The summed E-state index contributed by atoms with van der Waals surface area (Å²) < 4.78 is 5.44. The maximum atomic E-state index is 12.9. The maximum Gasteiger partial charge on any atom is 0.323 e. The number of amides is 2. The summed E-state index contributed by atoms with van der Waals surface area (Å²) in [5.41, 5.74) is 6.64. The second-order valence-electron chi connectivity index (χ2n) is 10.1. The molecule has 7 nitrogen and oxygen atoms in total. The lowest BCUT2D eigenvalue weighted by Crippen LogP contribution is -2.35. The molecule has 1 fully saturated rings. The Hall–Kier alpha value is -3.94. The number of fused-ring (bicyclic) bond motifs is 2. The summed E-state index contributed by atoms with van der Waals surface area (Å²) >= 11 is 0. The van der Waals surface area contributed by atoms with Gasteiger partial charge in [-0.3, -0.25) is 9.88 Å². The van der Waals surface area contributed by atoms with Crippen LogP contribution in [0.4, 0.5) is 16.2 Å². The van der Waals surface area contributed by atoms with Gasteiger partial charge in [0.2, 0.25) is 0 Å². The fraction of sp³-hybridized carbons (Fsp3) is 0.290. The number of benzene rings is 3. The number of aryl methyl sites for hydroxylation is 2. The number of phenolic OH excluding ortho intramolecular Hbond substituents is 1. The van der Waals surface area contributed by atoms with Crippen LogP contribution < -0.4 is 10.6 Å². The van der Waals surface area contributed by atoms with E-state index in [2.05, 4.69) is 33.7 Å². The zero-order valence-electron chi connectivity index (χ0n) is 21.4. The molecule has 1 saturated heterocycles. The molecule has 7 heteroatoms. The number of aromatic nitrogens is 1. The van der Waals surface area contributed by atoms with Crippen molar-refractivity contribution in [2.45, 2.75) is 32.2 Å². The van der Waals surface area contributed by atoms with Gasteiger partial charge >= 0.3 is 6.03 Å². The Labute approximate surface area is 222 Å². The quantitative estimate of drug-likeness (QED) is 0.290. The highest BCUT2D eigenvalue weighted by atomic mass is 16.5. The summed E-state index contributed by atoms with van der Waals surface area (Å²) in [6.45, 7) is 4.24. The molecule has 2 aliphatic rings. The Bertz CT molecular complexity index is 1460. The van der Waals surface area contributed by atoms with E-state index in [1.54, 1.807) is 6.07 Å². The molecular formula is C31H32N4O3. The van der Waals surface area contributed by atoms with Gasteiger partial charge in [0.25, 0.3) is 0 Å². The predicted octanol–water partition coefficient (Wildman–Crippen LogP) is 5.96. The van der Waals surface area contributed by atoms with Crippen molar-refractivity contribution >= 4 is 28.2 Å². The summed E-state index contributed by atoms with van der Waals surface area (Å²) in [7, 11) is 0. The highest BCUT2D eigenvalue weighted by Crippen LogP contribution is 2.34. The van der Waals surface area contributed by atoms with Crippen LogP contribution in [0.3, 0.4) is 0 Å². The minimum atomic E-state index is -0.386. The van der Waals surface area contributed by atoms with Crippen molar-refractivity contribution in [3.63, 3.8) is 0 Å². The van der Waals surface area contributed by atoms with Gasteiger partial charge in [-0.2, -0.15) is 0 Å². The van der Waals surface area contributed by atoms with E-state index in [1.165, 1.54) is 11.1 Å². The van der Waals surface area contributed by atoms with Crippen molar-refractivity contribution in [3.05, 3.63) is 83.7 Å². The average molecular weight is 509 g/mol. The van der Waals surface area contributed by atoms with E-state index in [9.17, 15) is 9.90 Å². The topological polar surface area (TPSA) is 86.7 Å². The second kappa shape index (κ2) is 10.8. The number of carbonyl (C=O) groups is 1. The monoisotopic (exact) mass is 508 g/mol. The van der Waals surface area contributed by atoms with Crippen LogP contribution in [0.15, 0.2) is 66.9 Å². The molecule has 194 valence electrons. The summed E-state index contributed by atoms with van der Waals surface area (Å²) in [4.78, 5) is 20.0. The first-order chi connectivity index (χ1) is 18.6. The Morgan fingerprint density at radius 2 is 1.63 bits per heavy atom. The van der Waals surface area contributed by atoms with Gasteiger partial charge in [0.1, 0.15) is 5.75 Å². The molecule has 3 N–H and O–H groups in total. The molecule has 0 atom stereocenters. The Balaban J connectivity index is 1.21. The van der Waals surface area contributed by atoms with Gasteiger partial charge in [-0.1, -0.05) is 36.4 Å². The number of morpholine rings is 1. The molecule has 6 rings (SSSR count). The van der Waals surface area contributed by atoms with Gasteiger partial charge in [0.15, 0.2) is 0 Å². The lowest BCUT2D eigenvalue weighted by atomic mass is 9.91. The first kappa shape index (κ1) is 24.4. The Morgan fingerprint density at radius 3 is 2.39 bits per heavy atom. The molecule has 2 heterocycles. The third-order valence-corrected chi connectivity index (χ3v) is 7.51. The van der Waals surface area contributed by atoms with Crippen LogP contribution in [0.5, 0.6) is 5.75 Å². The van der Waals surface area contributed by atoms with Gasteiger partial charge in [-0.15, -0.1) is 0 Å². The highest BCUT2D eigenvalue weighted by molar-refractivity contribution is 6.10. The minimum absolute atomic E-state index is 0.102. The minimum Gasteiger partial charge on any atom is -0.506 e. The molecule has 0 spiro atoms. The number of hydrogen-bond acceptors (Lipinski definition) is 5. The standard InChI is InChI=1S/C31H32N4O3/c36-30-18-22-6-2-1-5-21(22)17-29(30)34-31(37)33-28-12-11-25(26-7-3-4-8-27(26)28)23-9-10-24(32-19-23)20-35-13-15-38-16-14-35/h3-4,7-12,17-19,36H,1-2,5-6,13-16,20H2,(H2,33,34,37). The number of nitrogens with zero attached hydrogens (tertiary/aromatic N) is 2. The lowest BCUT2D eigenvalue weighted by molar-refractivity contribution is 0.0336. The molecule has 0 bridgehead atoms. The van der Waals surface area contributed by atoms with Crippen LogP contribution in [-0.4, -0.2) is 47.3 Å². The van der Waals surface area contributed by atoms with Crippen LogP contribution in [0.25, 0.3) is 21.9 Å². The lowest BCUT2D eigenvalue weighted by Gasteiger charge is -2.26. The molecule has 0 radical (unpaired) electrons. The van der Waals surface area contributed by atoms with E-state index >= 15 is 0 Å². The second-order valence-corrected chi connectivity index (χ2v) is 10.1. The fourth-order valence-electron chi connectivity index (χ4n) is 5.47. The first-order valence-electron chi connectivity index (χ1n) is 13.3. The molecule has 38 heavy (non-hydrogen) atoms. The number of carbonyl (C=O) groups excluding carboxylic acids is 1. The smallest absolute Gasteiger partial charge is 0.323 e. The third kappa shape index (κ3) is 5.21.